The average Bonchev–Trinajstić information content (AvgIpc) is 3.04. The van der Waals surface area contributed by atoms with Gasteiger partial charge in [-0.15, -0.1) is 0 Å². The first-order valence-electron chi connectivity index (χ1n) is 7.97. The van der Waals surface area contributed by atoms with Crippen LogP contribution in [0.25, 0.3) is 0 Å². The lowest BCUT2D eigenvalue weighted by Gasteiger charge is -2.35. The summed E-state index contributed by atoms with van der Waals surface area (Å²) in [5.74, 6) is -0.875. The van der Waals surface area contributed by atoms with Crippen molar-refractivity contribution in [2.24, 2.45) is 0 Å². The first-order chi connectivity index (χ1) is 11.6. The van der Waals surface area contributed by atoms with E-state index in [1.807, 2.05) is 48.5 Å². The second-order valence-corrected chi connectivity index (χ2v) is 6.19. The predicted octanol–water partition coefficient (Wildman–Crippen LogP) is 2.20. The van der Waals surface area contributed by atoms with Crippen molar-refractivity contribution in [3.05, 3.63) is 65.2 Å². The molecule has 24 heavy (non-hydrogen) atoms. The largest absolute Gasteiger partial charge is 0.492 e. The quantitative estimate of drug-likeness (QED) is 0.920. The van der Waals surface area contributed by atoms with Crippen molar-refractivity contribution in [1.82, 2.24) is 4.90 Å². The summed E-state index contributed by atoms with van der Waals surface area (Å²) in [7, 11) is 0. The highest BCUT2D eigenvalue weighted by molar-refractivity contribution is 5.90. The highest BCUT2D eigenvalue weighted by atomic mass is 16.5. The van der Waals surface area contributed by atoms with Gasteiger partial charge in [-0.2, -0.15) is 0 Å². The maximum absolute atomic E-state index is 13.1. The van der Waals surface area contributed by atoms with Crippen molar-refractivity contribution in [3.63, 3.8) is 0 Å². The molecule has 5 heteroatoms. The number of rotatable bonds is 2. The number of carbonyl (C=O) groups excluding carboxylic acids is 1. The van der Waals surface area contributed by atoms with E-state index in [0.717, 1.165) is 16.7 Å². The molecule has 0 saturated carbocycles. The van der Waals surface area contributed by atoms with Crippen LogP contribution in [0.1, 0.15) is 22.6 Å². The molecule has 4 rings (SSSR count). The van der Waals surface area contributed by atoms with Crippen LogP contribution in [0.4, 0.5) is 0 Å². The molecule has 0 bridgehead atoms. The van der Waals surface area contributed by atoms with Gasteiger partial charge in [-0.1, -0.05) is 42.5 Å². The predicted molar refractivity (Wildman–Crippen MR) is 86.8 cm³/mol. The van der Waals surface area contributed by atoms with Crippen molar-refractivity contribution in [2.45, 2.75) is 24.9 Å². The number of carboxylic acid groups (broad SMARTS) is 1. The monoisotopic (exact) mass is 323 g/mol. The molecule has 5 nitrogen and oxygen atoms in total. The van der Waals surface area contributed by atoms with Crippen LogP contribution in [0.3, 0.4) is 0 Å². The molecular formula is C19H17NO4. The maximum Gasteiger partial charge on any atom is 0.326 e. The highest BCUT2D eigenvalue weighted by Gasteiger charge is 2.40. The third kappa shape index (κ3) is 2.33. The Morgan fingerprint density at radius 3 is 2.54 bits per heavy atom. The van der Waals surface area contributed by atoms with Gasteiger partial charge in [0, 0.05) is 18.5 Å². The lowest BCUT2D eigenvalue weighted by atomic mass is 9.91. The minimum Gasteiger partial charge on any atom is -0.492 e. The standard InChI is InChI=1S/C19H17NO4/c21-18(15-11-24-17-8-4-3-7-14(15)17)20-10-13-6-2-1-5-12(13)9-16(20)19(22)23/h1-8,15-16H,9-11H2,(H,22,23)/t15-,16-/m0/s1. The second-order valence-electron chi connectivity index (χ2n) is 6.19. The molecule has 2 atom stereocenters. The van der Waals surface area contributed by atoms with Crippen molar-refractivity contribution in [3.8, 4) is 5.75 Å². The second kappa shape index (κ2) is 5.67. The number of hydrogen-bond donors (Lipinski definition) is 1. The molecule has 2 aliphatic heterocycles. The third-order valence-corrected chi connectivity index (χ3v) is 4.81. The van der Waals surface area contributed by atoms with E-state index >= 15 is 0 Å². The van der Waals surface area contributed by atoms with E-state index in [0.29, 0.717) is 18.7 Å². The summed E-state index contributed by atoms with van der Waals surface area (Å²) in [6.07, 6.45) is 0.340. The molecule has 2 aromatic carbocycles. The molecule has 0 unspecified atom stereocenters. The van der Waals surface area contributed by atoms with Crippen LogP contribution in [-0.4, -0.2) is 34.5 Å². The lowest BCUT2D eigenvalue weighted by Crippen LogP contribution is -2.50. The van der Waals surface area contributed by atoms with E-state index in [4.69, 9.17) is 4.74 Å². The minimum atomic E-state index is -0.968. The number of benzene rings is 2. The Bertz CT molecular complexity index is 817. The number of carboxylic acids is 1. The zero-order chi connectivity index (χ0) is 16.7. The van der Waals surface area contributed by atoms with Gasteiger partial charge in [0.15, 0.2) is 0 Å². The number of aliphatic carboxylic acids is 1. The summed E-state index contributed by atoms with van der Waals surface area (Å²) in [4.78, 5) is 26.3. The van der Waals surface area contributed by atoms with Gasteiger partial charge in [-0.05, 0) is 17.2 Å². The number of para-hydroxylation sites is 1. The Morgan fingerprint density at radius 1 is 1.04 bits per heavy atom. The molecule has 0 aliphatic carbocycles. The summed E-state index contributed by atoms with van der Waals surface area (Å²) in [5, 5.41) is 9.60. The smallest absolute Gasteiger partial charge is 0.326 e. The Balaban J connectivity index is 1.67. The Morgan fingerprint density at radius 2 is 1.75 bits per heavy atom. The van der Waals surface area contributed by atoms with Crippen molar-refractivity contribution in [2.75, 3.05) is 6.61 Å². The van der Waals surface area contributed by atoms with Gasteiger partial charge in [0.25, 0.3) is 0 Å². The van der Waals surface area contributed by atoms with Gasteiger partial charge in [0.1, 0.15) is 24.3 Å². The maximum atomic E-state index is 13.1. The molecule has 2 aromatic rings. The fourth-order valence-corrected chi connectivity index (χ4v) is 3.54. The van der Waals surface area contributed by atoms with Crippen LogP contribution in [0.2, 0.25) is 0 Å². The van der Waals surface area contributed by atoms with E-state index < -0.39 is 17.9 Å². The van der Waals surface area contributed by atoms with Gasteiger partial charge in [0.05, 0.1) is 0 Å². The topological polar surface area (TPSA) is 66.8 Å². The zero-order valence-electron chi connectivity index (χ0n) is 13.0. The zero-order valence-corrected chi connectivity index (χ0v) is 13.0. The van der Waals surface area contributed by atoms with E-state index in [2.05, 4.69) is 0 Å². The number of ether oxygens (including phenoxy) is 1. The molecule has 0 saturated heterocycles. The summed E-state index contributed by atoms with van der Waals surface area (Å²) >= 11 is 0. The number of nitrogens with zero attached hydrogens (tertiary/aromatic N) is 1. The molecule has 0 spiro atoms. The molecule has 0 fully saturated rings. The summed E-state index contributed by atoms with van der Waals surface area (Å²) in [6, 6.07) is 14.3. The molecule has 1 amide bonds. The number of hydrogen-bond acceptors (Lipinski definition) is 3. The Kier molecular flexibility index (Phi) is 3.49. The fraction of sp³-hybridized carbons (Fsp3) is 0.263. The van der Waals surface area contributed by atoms with Gasteiger partial charge < -0.3 is 14.7 Å². The molecule has 2 heterocycles. The molecule has 2 aliphatic rings. The van der Waals surface area contributed by atoms with Gasteiger partial charge in [-0.25, -0.2) is 4.79 Å². The average molecular weight is 323 g/mol. The van der Waals surface area contributed by atoms with Crippen LogP contribution in [0.5, 0.6) is 5.75 Å². The molecule has 1 N–H and O–H groups in total. The Hall–Kier alpha value is -2.82. The number of carbonyl (C=O) groups is 2. The molecule has 0 radical (unpaired) electrons. The van der Waals surface area contributed by atoms with Crippen LogP contribution in [0.15, 0.2) is 48.5 Å². The van der Waals surface area contributed by atoms with Gasteiger partial charge >= 0.3 is 5.97 Å². The fourth-order valence-electron chi connectivity index (χ4n) is 3.54. The third-order valence-electron chi connectivity index (χ3n) is 4.81. The highest BCUT2D eigenvalue weighted by Crippen LogP contribution is 2.36. The van der Waals surface area contributed by atoms with Crippen LogP contribution in [0, 0.1) is 0 Å². The minimum absolute atomic E-state index is 0.179. The first kappa shape index (κ1) is 14.8. The van der Waals surface area contributed by atoms with Crippen LogP contribution >= 0.6 is 0 Å². The van der Waals surface area contributed by atoms with Crippen molar-refractivity contribution in [1.29, 1.82) is 0 Å². The normalized spacial score (nSPS) is 21.6. The SMILES string of the molecule is O=C(O)[C@@H]1Cc2ccccc2CN1C(=O)[C@H]1COc2ccccc21. The van der Waals surface area contributed by atoms with Crippen LogP contribution < -0.4 is 4.74 Å². The first-order valence-corrected chi connectivity index (χ1v) is 7.97. The van der Waals surface area contributed by atoms with E-state index in [-0.39, 0.29) is 12.5 Å². The lowest BCUT2D eigenvalue weighted by molar-refractivity contribution is -0.152. The van der Waals surface area contributed by atoms with Crippen molar-refractivity contribution < 1.29 is 19.4 Å². The molecule has 122 valence electrons. The van der Waals surface area contributed by atoms with E-state index in [1.54, 1.807) is 0 Å². The van der Waals surface area contributed by atoms with E-state index in [9.17, 15) is 14.7 Å². The number of fused-ring (bicyclic) bond motifs is 2. The summed E-state index contributed by atoms with van der Waals surface area (Å²) in [5.41, 5.74) is 2.85. The Labute approximate surface area is 139 Å². The summed E-state index contributed by atoms with van der Waals surface area (Å²) < 4.78 is 5.59. The molecule has 0 aromatic heterocycles. The summed E-state index contributed by atoms with van der Waals surface area (Å²) in [6.45, 7) is 0.591. The van der Waals surface area contributed by atoms with Gasteiger partial charge in [0.2, 0.25) is 5.91 Å². The number of amides is 1. The van der Waals surface area contributed by atoms with Crippen molar-refractivity contribution >= 4 is 11.9 Å². The van der Waals surface area contributed by atoms with E-state index in [1.165, 1.54) is 4.90 Å². The van der Waals surface area contributed by atoms with Crippen LogP contribution in [-0.2, 0) is 22.6 Å². The van der Waals surface area contributed by atoms with Gasteiger partial charge in [-0.3, -0.25) is 4.79 Å². The molecular weight excluding hydrogens is 306 g/mol.